The summed E-state index contributed by atoms with van der Waals surface area (Å²) in [4.78, 5) is 8.87. The number of aromatic nitrogens is 1. The van der Waals surface area contributed by atoms with Gasteiger partial charge in [-0.3, -0.25) is 0 Å². The molecule has 3 rings (SSSR count). The Bertz CT molecular complexity index is 401. The molecule has 1 aromatic heterocycles. The molecule has 2 heterocycles. The highest BCUT2D eigenvalue weighted by Gasteiger charge is 2.28. The van der Waals surface area contributed by atoms with Gasteiger partial charge < -0.3 is 10.2 Å². The van der Waals surface area contributed by atoms with Gasteiger partial charge in [0.2, 0.25) is 0 Å². The largest absolute Gasteiger partial charge is 0.345 e. The standard InChI is InChI=1S/C13H21N3S/c1-9-5-4-8-16(9)13-15-11-7-3-6-10(14-2)12(11)17-13/h9-10,14H,3-8H2,1-2H3. The maximum atomic E-state index is 4.89. The van der Waals surface area contributed by atoms with Crippen LogP contribution in [0, 0.1) is 0 Å². The third-order valence-corrected chi connectivity index (χ3v) is 5.33. The lowest BCUT2D eigenvalue weighted by Gasteiger charge is -2.20. The van der Waals surface area contributed by atoms with E-state index < -0.39 is 0 Å². The van der Waals surface area contributed by atoms with Crippen LogP contribution in [0.3, 0.4) is 0 Å². The second-order valence-electron chi connectivity index (χ2n) is 5.23. The summed E-state index contributed by atoms with van der Waals surface area (Å²) in [6.07, 6.45) is 6.35. The predicted molar refractivity (Wildman–Crippen MR) is 72.9 cm³/mol. The van der Waals surface area contributed by atoms with Crippen molar-refractivity contribution in [3.05, 3.63) is 10.6 Å². The molecular formula is C13H21N3S. The second kappa shape index (κ2) is 4.58. The highest BCUT2D eigenvalue weighted by molar-refractivity contribution is 7.15. The summed E-state index contributed by atoms with van der Waals surface area (Å²) in [5.74, 6) is 0. The molecule has 2 unspecified atom stereocenters. The molecule has 94 valence electrons. The van der Waals surface area contributed by atoms with Gasteiger partial charge in [0.1, 0.15) is 0 Å². The van der Waals surface area contributed by atoms with Crippen LogP contribution in [-0.4, -0.2) is 24.6 Å². The second-order valence-corrected chi connectivity index (χ2v) is 6.23. The van der Waals surface area contributed by atoms with E-state index in [0.717, 1.165) is 0 Å². The van der Waals surface area contributed by atoms with Crippen molar-refractivity contribution >= 4 is 16.5 Å². The van der Waals surface area contributed by atoms with Gasteiger partial charge in [0.25, 0.3) is 0 Å². The molecule has 0 saturated carbocycles. The molecule has 0 aromatic carbocycles. The smallest absolute Gasteiger partial charge is 0.186 e. The Morgan fingerprint density at radius 2 is 2.24 bits per heavy atom. The van der Waals surface area contributed by atoms with E-state index in [0.29, 0.717) is 12.1 Å². The molecule has 0 spiro atoms. The van der Waals surface area contributed by atoms with Crippen LogP contribution in [0.5, 0.6) is 0 Å². The van der Waals surface area contributed by atoms with Crippen LogP contribution in [0.4, 0.5) is 5.13 Å². The van der Waals surface area contributed by atoms with Crippen molar-refractivity contribution in [3.63, 3.8) is 0 Å². The van der Waals surface area contributed by atoms with Gasteiger partial charge in [-0.25, -0.2) is 4.98 Å². The van der Waals surface area contributed by atoms with Gasteiger partial charge >= 0.3 is 0 Å². The van der Waals surface area contributed by atoms with Crippen LogP contribution in [0.1, 0.15) is 49.2 Å². The average Bonchev–Trinajstić information content (AvgIpc) is 2.93. The summed E-state index contributed by atoms with van der Waals surface area (Å²) in [7, 11) is 2.07. The summed E-state index contributed by atoms with van der Waals surface area (Å²) in [5, 5.41) is 4.69. The quantitative estimate of drug-likeness (QED) is 0.876. The Morgan fingerprint density at radius 3 is 2.94 bits per heavy atom. The molecular weight excluding hydrogens is 230 g/mol. The first-order valence-electron chi connectivity index (χ1n) is 6.73. The minimum absolute atomic E-state index is 0.544. The molecule has 1 aromatic rings. The molecule has 1 aliphatic heterocycles. The Hall–Kier alpha value is -0.610. The zero-order chi connectivity index (χ0) is 11.8. The van der Waals surface area contributed by atoms with Crippen LogP contribution in [0.15, 0.2) is 0 Å². The van der Waals surface area contributed by atoms with Crippen molar-refractivity contribution in [2.45, 2.75) is 51.1 Å². The highest BCUT2D eigenvalue weighted by Crippen LogP contribution is 2.39. The molecule has 1 fully saturated rings. The van der Waals surface area contributed by atoms with Gasteiger partial charge in [0.15, 0.2) is 5.13 Å². The molecule has 1 aliphatic carbocycles. The lowest BCUT2D eigenvalue weighted by Crippen LogP contribution is -2.25. The highest BCUT2D eigenvalue weighted by atomic mass is 32.1. The van der Waals surface area contributed by atoms with Crippen molar-refractivity contribution in [1.82, 2.24) is 10.3 Å². The number of nitrogens with one attached hydrogen (secondary N) is 1. The number of hydrogen-bond acceptors (Lipinski definition) is 4. The van der Waals surface area contributed by atoms with Crippen molar-refractivity contribution in [3.8, 4) is 0 Å². The molecule has 2 atom stereocenters. The average molecular weight is 251 g/mol. The Balaban J connectivity index is 1.90. The topological polar surface area (TPSA) is 28.2 Å². The van der Waals surface area contributed by atoms with Crippen molar-refractivity contribution < 1.29 is 0 Å². The van der Waals surface area contributed by atoms with Crippen LogP contribution in [-0.2, 0) is 6.42 Å². The van der Waals surface area contributed by atoms with Gasteiger partial charge in [0.05, 0.1) is 5.69 Å². The zero-order valence-electron chi connectivity index (χ0n) is 10.7. The first-order valence-corrected chi connectivity index (χ1v) is 7.54. The fraction of sp³-hybridized carbons (Fsp3) is 0.769. The molecule has 0 amide bonds. The number of aryl methyl sites for hydroxylation is 1. The van der Waals surface area contributed by atoms with E-state index >= 15 is 0 Å². The fourth-order valence-electron chi connectivity index (χ4n) is 3.02. The van der Waals surface area contributed by atoms with E-state index in [-0.39, 0.29) is 0 Å². The number of nitrogens with zero attached hydrogens (tertiary/aromatic N) is 2. The van der Waals surface area contributed by atoms with Gasteiger partial charge in [0, 0.05) is 23.5 Å². The van der Waals surface area contributed by atoms with Crippen LogP contribution in [0.25, 0.3) is 0 Å². The van der Waals surface area contributed by atoms with Crippen LogP contribution >= 0.6 is 11.3 Å². The summed E-state index contributed by atoms with van der Waals surface area (Å²) >= 11 is 1.92. The fourth-order valence-corrected chi connectivity index (χ4v) is 4.41. The molecule has 1 N–H and O–H groups in total. The molecule has 3 nitrogen and oxygen atoms in total. The van der Waals surface area contributed by atoms with Gasteiger partial charge in [-0.05, 0) is 46.1 Å². The SMILES string of the molecule is CNC1CCCc2nc(N3CCCC3C)sc21. The van der Waals surface area contributed by atoms with Crippen molar-refractivity contribution in [2.75, 3.05) is 18.5 Å². The van der Waals surface area contributed by atoms with E-state index in [9.17, 15) is 0 Å². The third kappa shape index (κ3) is 1.97. The predicted octanol–water partition coefficient (Wildman–Crippen LogP) is 2.73. The summed E-state index contributed by atoms with van der Waals surface area (Å²) in [5.41, 5.74) is 1.36. The molecule has 1 saturated heterocycles. The van der Waals surface area contributed by atoms with E-state index in [1.807, 2.05) is 11.3 Å². The maximum absolute atomic E-state index is 4.89. The molecule has 0 bridgehead atoms. The van der Waals surface area contributed by atoms with Crippen LogP contribution < -0.4 is 10.2 Å². The molecule has 0 radical (unpaired) electrons. The number of thiazole rings is 1. The first kappa shape index (κ1) is 11.5. The zero-order valence-corrected chi connectivity index (χ0v) is 11.5. The monoisotopic (exact) mass is 251 g/mol. The molecule has 17 heavy (non-hydrogen) atoms. The van der Waals surface area contributed by atoms with E-state index in [1.165, 1.54) is 54.4 Å². The van der Waals surface area contributed by atoms with E-state index in [1.54, 1.807) is 0 Å². The molecule has 4 heteroatoms. The Morgan fingerprint density at radius 1 is 1.35 bits per heavy atom. The summed E-state index contributed by atoms with van der Waals surface area (Å²) in [6, 6.07) is 1.22. The third-order valence-electron chi connectivity index (χ3n) is 4.09. The van der Waals surface area contributed by atoms with Gasteiger partial charge in [-0.15, -0.1) is 0 Å². The van der Waals surface area contributed by atoms with Crippen molar-refractivity contribution in [1.29, 1.82) is 0 Å². The summed E-state index contributed by atoms with van der Waals surface area (Å²) in [6.45, 7) is 3.51. The minimum atomic E-state index is 0.544. The normalized spacial score (nSPS) is 28.5. The lowest BCUT2D eigenvalue weighted by atomic mass is 9.98. The minimum Gasteiger partial charge on any atom is -0.345 e. The van der Waals surface area contributed by atoms with Crippen molar-refractivity contribution in [2.24, 2.45) is 0 Å². The number of hydrogen-bond donors (Lipinski definition) is 1. The molecule has 2 aliphatic rings. The number of fused-ring (bicyclic) bond motifs is 1. The number of rotatable bonds is 2. The number of anilines is 1. The lowest BCUT2D eigenvalue weighted by molar-refractivity contribution is 0.501. The van der Waals surface area contributed by atoms with Gasteiger partial charge in [-0.2, -0.15) is 0 Å². The summed E-state index contributed by atoms with van der Waals surface area (Å²) < 4.78 is 0. The van der Waals surface area contributed by atoms with E-state index in [4.69, 9.17) is 4.98 Å². The Labute approximate surface area is 107 Å². The van der Waals surface area contributed by atoms with Gasteiger partial charge in [-0.1, -0.05) is 11.3 Å². The van der Waals surface area contributed by atoms with Crippen LogP contribution in [0.2, 0.25) is 0 Å². The Kier molecular flexibility index (Phi) is 3.09. The maximum Gasteiger partial charge on any atom is 0.186 e. The first-order chi connectivity index (χ1) is 8.29. The van der Waals surface area contributed by atoms with E-state index in [2.05, 4.69) is 24.2 Å².